The van der Waals surface area contributed by atoms with Gasteiger partial charge in [-0.3, -0.25) is 9.89 Å². The fourth-order valence-electron chi connectivity index (χ4n) is 2.54. The third-order valence-electron chi connectivity index (χ3n) is 3.71. The van der Waals surface area contributed by atoms with Crippen molar-refractivity contribution in [3.05, 3.63) is 0 Å². The van der Waals surface area contributed by atoms with Crippen LogP contribution in [0, 0.1) is 0 Å². The minimum absolute atomic E-state index is 0.590. The summed E-state index contributed by atoms with van der Waals surface area (Å²) in [6.45, 7) is 7.12. The van der Waals surface area contributed by atoms with Crippen molar-refractivity contribution in [3.63, 3.8) is 0 Å². The predicted molar refractivity (Wildman–Crippen MR) is 80.5 cm³/mol. The minimum Gasteiger partial charge on any atom is -0.385 e. The molecule has 0 aromatic carbocycles. The van der Waals surface area contributed by atoms with Crippen molar-refractivity contribution in [1.82, 2.24) is 10.2 Å². The number of likely N-dealkylation sites (N-methyl/N-ethyl adjacent to an activating group) is 1. The van der Waals surface area contributed by atoms with Crippen LogP contribution >= 0.6 is 0 Å². The maximum Gasteiger partial charge on any atom is 0.188 e. The Kier molecular flexibility index (Phi) is 8.58. The van der Waals surface area contributed by atoms with Crippen LogP contribution in [0.25, 0.3) is 0 Å². The molecule has 0 aliphatic carbocycles. The molecule has 1 unspecified atom stereocenters. The van der Waals surface area contributed by atoms with Gasteiger partial charge >= 0.3 is 0 Å². The van der Waals surface area contributed by atoms with Gasteiger partial charge < -0.3 is 15.8 Å². The molecule has 0 aromatic heterocycles. The van der Waals surface area contributed by atoms with Gasteiger partial charge in [-0.05, 0) is 45.2 Å². The van der Waals surface area contributed by atoms with Crippen LogP contribution in [-0.4, -0.2) is 56.8 Å². The van der Waals surface area contributed by atoms with Gasteiger partial charge in [0.25, 0.3) is 0 Å². The van der Waals surface area contributed by atoms with E-state index >= 15 is 0 Å². The zero-order valence-electron chi connectivity index (χ0n) is 12.5. The van der Waals surface area contributed by atoms with Gasteiger partial charge in [-0.15, -0.1) is 0 Å². The number of methoxy groups -OCH3 is 1. The smallest absolute Gasteiger partial charge is 0.188 e. The van der Waals surface area contributed by atoms with Gasteiger partial charge in [0.2, 0.25) is 0 Å². The van der Waals surface area contributed by atoms with E-state index in [1.807, 2.05) is 0 Å². The molecule has 3 N–H and O–H groups in total. The van der Waals surface area contributed by atoms with Crippen LogP contribution in [0.4, 0.5) is 0 Å². The van der Waals surface area contributed by atoms with E-state index in [-0.39, 0.29) is 0 Å². The molecule has 0 radical (unpaired) electrons. The SMILES string of the molecule is CCN1CCCC1CN=C(N)NCCCCCOC. The zero-order valence-corrected chi connectivity index (χ0v) is 12.5. The highest BCUT2D eigenvalue weighted by Crippen LogP contribution is 2.16. The highest BCUT2D eigenvalue weighted by molar-refractivity contribution is 5.77. The van der Waals surface area contributed by atoms with Crippen LogP contribution in [0.3, 0.4) is 0 Å². The average molecular weight is 270 g/mol. The Bertz CT molecular complexity index is 258. The molecule has 0 bridgehead atoms. The first-order valence-corrected chi connectivity index (χ1v) is 7.54. The van der Waals surface area contributed by atoms with E-state index in [0.717, 1.165) is 39.1 Å². The first-order chi connectivity index (χ1) is 9.27. The van der Waals surface area contributed by atoms with E-state index in [0.29, 0.717) is 12.0 Å². The van der Waals surface area contributed by atoms with Gasteiger partial charge in [-0.2, -0.15) is 0 Å². The molecule has 0 saturated carbocycles. The number of hydrogen-bond donors (Lipinski definition) is 2. The maximum absolute atomic E-state index is 5.88. The summed E-state index contributed by atoms with van der Waals surface area (Å²) in [5.41, 5.74) is 5.88. The van der Waals surface area contributed by atoms with Crippen LogP contribution in [0.5, 0.6) is 0 Å². The molecule has 1 saturated heterocycles. The second kappa shape index (κ2) is 10.0. The van der Waals surface area contributed by atoms with Gasteiger partial charge in [0, 0.05) is 26.3 Å². The second-order valence-electron chi connectivity index (χ2n) is 5.13. The Hall–Kier alpha value is -0.810. The number of hydrogen-bond acceptors (Lipinski definition) is 3. The minimum atomic E-state index is 0.590. The quantitative estimate of drug-likeness (QED) is 0.375. The lowest BCUT2D eigenvalue weighted by molar-refractivity contribution is 0.192. The number of rotatable bonds is 9. The van der Waals surface area contributed by atoms with Crippen LogP contribution < -0.4 is 11.1 Å². The molecule has 1 aliphatic rings. The molecule has 5 nitrogen and oxygen atoms in total. The van der Waals surface area contributed by atoms with Gasteiger partial charge in [0.15, 0.2) is 5.96 Å². The molecule has 112 valence electrons. The molecule has 5 heteroatoms. The average Bonchev–Trinajstić information content (AvgIpc) is 2.88. The fraction of sp³-hybridized carbons (Fsp3) is 0.929. The first kappa shape index (κ1) is 16.2. The summed E-state index contributed by atoms with van der Waals surface area (Å²) in [4.78, 5) is 6.94. The molecule has 1 rings (SSSR count). The maximum atomic E-state index is 5.88. The first-order valence-electron chi connectivity index (χ1n) is 7.54. The van der Waals surface area contributed by atoms with E-state index in [1.165, 1.54) is 25.8 Å². The van der Waals surface area contributed by atoms with Crippen molar-refractivity contribution in [2.75, 3.05) is 39.9 Å². The third kappa shape index (κ3) is 6.78. The third-order valence-corrected chi connectivity index (χ3v) is 3.71. The van der Waals surface area contributed by atoms with E-state index in [2.05, 4.69) is 22.1 Å². The highest BCUT2D eigenvalue weighted by Gasteiger charge is 2.22. The van der Waals surface area contributed by atoms with E-state index in [9.17, 15) is 0 Å². The number of likely N-dealkylation sites (tertiary alicyclic amines) is 1. The largest absolute Gasteiger partial charge is 0.385 e. The lowest BCUT2D eigenvalue weighted by atomic mass is 10.2. The molecule has 0 spiro atoms. The van der Waals surface area contributed by atoms with Crippen molar-refractivity contribution in [2.45, 2.75) is 45.1 Å². The Morgan fingerprint density at radius 2 is 2.26 bits per heavy atom. The number of nitrogens with two attached hydrogens (primary N) is 1. The van der Waals surface area contributed by atoms with Crippen LogP contribution in [-0.2, 0) is 4.74 Å². The lowest BCUT2D eigenvalue weighted by Gasteiger charge is -2.20. The standard InChI is InChI=1S/C14H30N4O/c1-3-18-10-7-8-13(18)12-17-14(15)16-9-5-4-6-11-19-2/h13H,3-12H2,1-2H3,(H3,15,16,17). The summed E-state index contributed by atoms with van der Waals surface area (Å²) in [6.07, 6.45) is 5.94. The van der Waals surface area contributed by atoms with Gasteiger partial charge in [-0.1, -0.05) is 6.92 Å². The molecule has 19 heavy (non-hydrogen) atoms. The Balaban J connectivity index is 2.08. The van der Waals surface area contributed by atoms with Gasteiger partial charge in [-0.25, -0.2) is 0 Å². The number of guanidine groups is 1. The Morgan fingerprint density at radius 3 is 3.00 bits per heavy atom. The summed E-state index contributed by atoms with van der Waals surface area (Å²) >= 11 is 0. The van der Waals surface area contributed by atoms with Gasteiger partial charge in [0.1, 0.15) is 0 Å². The number of nitrogens with zero attached hydrogens (tertiary/aromatic N) is 2. The Labute approximate surface area is 117 Å². The molecule has 1 aliphatic heterocycles. The Morgan fingerprint density at radius 1 is 1.42 bits per heavy atom. The lowest BCUT2D eigenvalue weighted by Crippen LogP contribution is -2.36. The van der Waals surface area contributed by atoms with Gasteiger partial charge in [0.05, 0.1) is 6.54 Å². The fourth-order valence-corrected chi connectivity index (χ4v) is 2.54. The molecule has 1 atom stereocenters. The zero-order chi connectivity index (χ0) is 13.9. The van der Waals surface area contributed by atoms with Crippen molar-refractivity contribution in [2.24, 2.45) is 10.7 Å². The predicted octanol–water partition coefficient (Wildman–Crippen LogP) is 1.19. The second-order valence-corrected chi connectivity index (χ2v) is 5.13. The number of ether oxygens (including phenoxy) is 1. The normalized spacial score (nSPS) is 20.9. The van der Waals surface area contributed by atoms with Crippen LogP contribution in [0.2, 0.25) is 0 Å². The molecule has 1 fully saturated rings. The molecule has 0 amide bonds. The van der Waals surface area contributed by atoms with E-state index in [1.54, 1.807) is 7.11 Å². The van der Waals surface area contributed by atoms with Crippen molar-refractivity contribution < 1.29 is 4.74 Å². The highest BCUT2D eigenvalue weighted by atomic mass is 16.5. The summed E-state index contributed by atoms with van der Waals surface area (Å²) in [5.74, 6) is 0.592. The number of aliphatic imine (C=N–C) groups is 1. The molecular formula is C14H30N4O. The molecule has 1 heterocycles. The summed E-state index contributed by atoms with van der Waals surface area (Å²) in [7, 11) is 1.74. The van der Waals surface area contributed by atoms with E-state index in [4.69, 9.17) is 10.5 Å². The van der Waals surface area contributed by atoms with Crippen molar-refractivity contribution in [1.29, 1.82) is 0 Å². The number of unbranched alkanes of at least 4 members (excludes halogenated alkanes) is 2. The van der Waals surface area contributed by atoms with E-state index < -0.39 is 0 Å². The summed E-state index contributed by atoms with van der Waals surface area (Å²) in [5, 5.41) is 3.18. The monoisotopic (exact) mass is 270 g/mol. The number of nitrogens with one attached hydrogen (secondary N) is 1. The van der Waals surface area contributed by atoms with Crippen molar-refractivity contribution >= 4 is 5.96 Å². The topological polar surface area (TPSA) is 62.9 Å². The van der Waals surface area contributed by atoms with Crippen LogP contribution in [0.1, 0.15) is 39.0 Å². The van der Waals surface area contributed by atoms with Crippen molar-refractivity contribution in [3.8, 4) is 0 Å². The summed E-state index contributed by atoms with van der Waals surface area (Å²) in [6, 6.07) is 0.590. The van der Waals surface area contributed by atoms with Crippen LogP contribution in [0.15, 0.2) is 4.99 Å². The molecular weight excluding hydrogens is 240 g/mol. The summed E-state index contributed by atoms with van der Waals surface area (Å²) < 4.78 is 5.01. The molecule has 0 aromatic rings.